The van der Waals surface area contributed by atoms with Crippen molar-refractivity contribution in [1.82, 2.24) is 5.32 Å². The normalized spacial score (nSPS) is 14.4. The van der Waals surface area contributed by atoms with Gasteiger partial charge in [-0.05, 0) is 37.5 Å². The second-order valence-electron chi connectivity index (χ2n) is 6.41. The van der Waals surface area contributed by atoms with Gasteiger partial charge in [0.15, 0.2) is 0 Å². The van der Waals surface area contributed by atoms with E-state index in [2.05, 4.69) is 22.8 Å². The summed E-state index contributed by atoms with van der Waals surface area (Å²) in [5.41, 5.74) is 2.91. The molecule has 0 aliphatic carbocycles. The summed E-state index contributed by atoms with van der Waals surface area (Å²) < 4.78 is 0. The Morgan fingerprint density at radius 2 is 1.88 bits per heavy atom. The first-order chi connectivity index (χ1) is 12.1. The van der Waals surface area contributed by atoms with E-state index in [0.717, 1.165) is 24.2 Å². The number of benzene rings is 2. The molecule has 2 N–H and O–H groups in total. The standard InChI is InChI=1S/C20H23N3O2/c1-15(11-12-16-7-3-2-4-8-16)21-19(24)13-23-14-20(25)22-17-9-5-6-10-18(17)23/h2-10,15H,11-14H2,1H3,(H,21,24)(H,22,25)/t15-/m0/s1. The number of fused-ring (bicyclic) bond motifs is 1. The lowest BCUT2D eigenvalue weighted by Crippen LogP contribution is -2.46. The van der Waals surface area contributed by atoms with Crippen LogP contribution in [0.15, 0.2) is 54.6 Å². The third-order valence-corrected chi connectivity index (χ3v) is 4.30. The largest absolute Gasteiger partial charge is 0.352 e. The molecule has 1 aliphatic heterocycles. The van der Waals surface area contributed by atoms with Crippen LogP contribution in [0.4, 0.5) is 11.4 Å². The summed E-state index contributed by atoms with van der Waals surface area (Å²) in [4.78, 5) is 26.0. The van der Waals surface area contributed by atoms with Crippen LogP contribution >= 0.6 is 0 Å². The lowest BCUT2D eigenvalue weighted by atomic mass is 10.1. The molecule has 2 aromatic rings. The highest BCUT2D eigenvalue weighted by Crippen LogP contribution is 2.28. The van der Waals surface area contributed by atoms with E-state index in [0.29, 0.717) is 0 Å². The van der Waals surface area contributed by atoms with Crippen LogP contribution in [0.5, 0.6) is 0 Å². The molecule has 0 unspecified atom stereocenters. The maximum absolute atomic E-state index is 12.4. The van der Waals surface area contributed by atoms with Crippen LogP contribution in [-0.2, 0) is 16.0 Å². The fourth-order valence-corrected chi connectivity index (χ4v) is 3.04. The van der Waals surface area contributed by atoms with Crippen LogP contribution in [-0.4, -0.2) is 30.9 Å². The van der Waals surface area contributed by atoms with E-state index >= 15 is 0 Å². The lowest BCUT2D eigenvalue weighted by Gasteiger charge is -2.30. The summed E-state index contributed by atoms with van der Waals surface area (Å²) in [5.74, 6) is -0.159. The van der Waals surface area contributed by atoms with Gasteiger partial charge < -0.3 is 15.5 Å². The zero-order valence-electron chi connectivity index (χ0n) is 14.4. The Morgan fingerprint density at radius 3 is 2.68 bits per heavy atom. The van der Waals surface area contributed by atoms with Crippen LogP contribution in [0.1, 0.15) is 18.9 Å². The van der Waals surface area contributed by atoms with Gasteiger partial charge in [0.25, 0.3) is 0 Å². The van der Waals surface area contributed by atoms with Gasteiger partial charge in [0.1, 0.15) is 0 Å². The topological polar surface area (TPSA) is 61.4 Å². The number of hydrogen-bond donors (Lipinski definition) is 2. The van der Waals surface area contributed by atoms with Crippen molar-refractivity contribution in [2.75, 3.05) is 23.3 Å². The molecule has 3 rings (SSSR count). The molecule has 0 aromatic heterocycles. The van der Waals surface area contributed by atoms with Crippen molar-refractivity contribution in [3.63, 3.8) is 0 Å². The minimum absolute atomic E-state index is 0.0648. The number of carbonyl (C=O) groups excluding carboxylic acids is 2. The zero-order valence-corrected chi connectivity index (χ0v) is 14.4. The first kappa shape index (κ1) is 17.0. The first-order valence-corrected chi connectivity index (χ1v) is 8.59. The minimum atomic E-state index is -0.0939. The molecule has 1 atom stereocenters. The molecule has 1 aliphatic rings. The van der Waals surface area contributed by atoms with E-state index < -0.39 is 0 Å². The van der Waals surface area contributed by atoms with Crippen LogP contribution in [0.2, 0.25) is 0 Å². The average Bonchev–Trinajstić information content (AvgIpc) is 2.60. The molecule has 0 saturated carbocycles. The predicted octanol–water partition coefficient (Wildman–Crippen LogP) is 2.58. The van der Waals surface area contributed by atoms with Crippen LogP contribution in [0, 0.1) is 0 Å². The Labute approximate surface area is 148 Å². The molecule has 1 heterocycles. The molecule has 0 spiro atoms. The highest BCUT2D eigenvalue weighted by molar-refractivity contribution is 6.02. The van der Waals surface area contributed by atoms with Gasteiger partial charge in [0.05, 0.1) is 24.5 Å². The van der Waals surface area contributed by atoms with Gasteiger partial charge in [0.2, 0.25) is 11.8 Å². The predicted molar refractivity (Wildman–Crippen MR) is 99.7 cm³/mol. The first-order valence-electron chi connectivity index (χ1n) is 8.59. The van der Waals surface area contributed by atoms with Crippen molar-refractivity contribution < 1.29 is 9.59 Å². The number of anilines is 2. The van der Waals surface area contributed by atoms with Gasteiger partial charge in [-0.2, -0.15) is 0 Å². The Morgan fingerprint density at radius 1 is 1.16 bits per heavy atom. The number of carbonyl (C=O) groups is 2. The third-order valence-electron chi connectivity index (χ3n) is 4.30. The monoisotopic (exact) mass is 337 g/mol. The molecule has 130 valence electrons. The molecule has 0 fully saturated rings. The number of aryl methyl sites for hydroxylation is 1. The summed E-state index contributed by atoms with van der Waals surface area (Å²) >= 11 is 0. The van der Waals surface area contributed by atoms with Gasteiger partial charge in [-0.3, -0.25) is 9.59 Å². The Bertz CT molecular complexity index is 746. The molecule has 2 amide bonds. The van der Waals surface area contributed by atoms with E-state index in [1.165, 1.54) is 5.56 Å². The van der Waals surface area contributed by atoms with Crippen molar-refractivity contribution in [3.8, 4) is 0 Å². The van der Waals surface area contributed by atoms with Crippen LogP contribution < -0.4 is 15.5 Å². The smallest absolute Gasteiger partial charge is 0.243 e. The molecule has 5 nitrogen and oxygen atoms in total. The summed E-state index contributed by atoms with van der Waals surface area (Å²) in [6.07, 6.45) is 1.81. The number of nitrogens with one attached hydrogen (secondary N) is 2. The lowest BCUT2D eigenvalue weighted by molar-refractivity contribution is -0.120. The summed E-state index contributed by atoms with van der Waals surface area (Å²) in [6.45, 7) is 2.39. The number of para-hydroxylation sites is 2. The number of rotatable bonds is 6. The Balaban J connectivity index is 1.53. The maximum Gasteiger partial charge on any atom is 0.243 e. The summed E-state index contributed by atoms with van der Waals surface area (Å²) in [7, 11) is 0. The molecule has 5 heteroatoms. The van der Waals surface area contributed by atoms with Gasteiger partial charge in [0, 0.05) is 6.04 Å². The summed E-state index contributed by atoms with van der Waals surface area (Å²) in [6, 6.07) is 17.9. The van der Waals surface area contributed by atoms with Gasteiger partial charge in [-0.25, -0.2) is 0 Å². The number of nitrogens with zero attached hydrogens (tertiary/aromatic N) is 1. The SMILES string of the molecule is C[C@@H](CCc1ccccc1)NC(=O)CN1CC(=O)Nc2ccccc21. The Hall–Kier alpha value is -2.82. The fourth-order valence-electron chi connectivity index (χ4n) is 3.04. The molecule has 25 heavy (non-hydrogen) atoms. The van der Waals surface area contributed by atoms with Crippen molar-refractivity contribution in [2.24, 2.45) is 0 Å². The van der Waals surface area contributed by atoms with Gasteiger partial charge in [-0.15, -0.1) is 0 Å². The number of amides is 2. The average molecular weight is 337 g/mol. The molecule has 2 aromatic carbocycles. The van der Waals surface area contributed by atoms with Gasteiger partial charge in [-0.1, -0.05) is 42.5 Å². The maximum atomic E-state index is 12.4. The van der Waals surface area contributed by atoms with Crippen molar-refractivity contribution in [2.45, 2.75) is 25.8 Å². The number of hydrogen-bond acceptors (Lipinski definition) is 3. The van der Waals surface area contributed by atoms with E-state index in [1.807, 2.05) is 54.3 Å². The second-order valence-corrected chi connectivity index (χ2v) is 6.41. The van der Waals surface area contributed by atoms with Crippen LogP contribution in [0.25, 0.3) is 0 Å². The van der Waals surface area contributed by atoms with E-state index in [9.17, 15) is 9.59 Å². The van der Waals surface area contributed by atoms with Crippen molar-refractivity contribution >= 4 is 23.2 Å². The minimum Gasteiger partial charge on any atom is -0.352 e. The Kier molecular flexibility index (Phi) is 5.33. The zero-order chi connectivity index (χ0) is 17.6. The second kappa shape index (κ2) is 7.83. The fraction of sp³-hybridized carbons (Fsp3) is 0.300. The van der Waals surface area contributed by atoms with Crippen LogP contribution in [0.3, 0.4) is 0 Å². The molecular weight excluding hydrogens is 314 g/mol. The third kappa shape index (κ3) is 4.59. The van der Waals surface area contributed by atoms with Crippen molar-refractivity contribution in [3.05, 3.63) is 60.2 Å². The summed E-state index contributed by atoms with van der Waals surface area (Å²) in [5, 5.41) is 5.86. The van der Waals surface area contributed by atoms with E-state index in [-0.39, 0.29) is 30.9 Å². The highest BCUT2D eigenvalue weighted by Gasteiger charge is 2.23. The van der Waals surface area contributed by atoms with E-state index in [1.54, 1.807) is 0 Å². The van der Waals surface area contributed by atoms with Gasteiger partial charge >= 0.3 is 0 Å². The van der Waals surface area contributed by atoms with E-state index in [4.69, 9.17) is 0 Å². The molecular formula is C20H23N3O2. The highest BCUT2D eigenvalue weighted by atomic mass is 16.2. The van der Waals surface area contributed by atoms with Crippen molar-refractivity contribution in [1.29, 1.82) is 0 Å². The molecule has 0 radical (unpaired) electrons. The molecule has 0 saturated heterocycles. The quantitative estimate of drug-likeness (QED) is 0.852. The molecule has 0 bridgehead atoms.